The van der Waals surface area contributed by atoms with Crippen LogP contribution in [0.3, 0.4) is 0 Å². The van der Waals surface area contributed by atoms with Crippen LogP contribution in [-0.2, 0) is 0 Å². The first-order valence-corrected chi connectivity index (χ1v) is 9.39. The Kier molecular flexibility index (Phi) is 5.07. The summed E-state index contributed by atoms with van der Waals surface area (Å²) in [7, 11) is 2.13. The van der Waals surface area contributed by atoms with Gasteiger partial charge in [0.1, 0.15) is 0 Å². The molecule has 0 bridgehead atoms. The SMILES string of the molecule is CC1CC(C)(C)N(C)c2cc(Cl)c(C=Nc3ccc(Cl)cc3Cl)cc21. The molecule has 0 fully saturated rings. The number of anilines is 1. The third kappa shape index (κ3) is 3.67. The first-order valence-electron chi connectivity index (χ1n) is 8.25. The zero-order valence-electron chi connectivity index (χ0n) is 14.8. The highest BCUT2D eigenvalue weighted by molar-refractivity contribution is 6.36. The van der Waals surface area contributed by atoms with E-state index in [1.807, 2.05) is 6.07 Å². The van der Waals surface area contributed by atoms with Gasteiger partial charge in [-0.05, 0) is 62.1 Å². The van der Waals surface area contributed by atoms with E-state index in [4.69, 9.17) is 34.8 Å². The Morgan fingerprint density at radius 2 is 1.84 bits per heavy atom. The molecule has 2 aromatic carbocycles. The molecule has 0 aliphatic carbocycles. The summed E-state index contributed by atoms with van der Waals surface area (Å²) in [4.78, 5) is 6.80. The quantitative estimate of drug-likeness (QED) is 0.494. The molecule has 0 N–H and O–H groups in total. The van der Waals surface area contributed by atoms with Crippen molar-refractivity contribution >= 4 is 52.4 Å². The smallest absolute Gasteiger partial charge is 0.0817 e. The van der Waals surface area contributed by atoms with Crippen LogP contribution in [0.5, 0.6) is 0 Å². The molecule has 1 aliphatic heterocycles. The lowest BCUT2D eigenvalue weighted by atomic mass is 9.80. The van der Waals surface area contributed by atoms with Crippen molar-refractivity contribution in [3.63, 3.8) is 0 Å². The van der Waals surface area contributed by atoms with E-state index < -0.39 is 0 Å². The van der Waals surface area contributed by atoms with Gasteiger partial charge in [-0.3, -0.25) is 4.99 Å². The molecule has 2 aromatic rings. The first kappa shape index (κ1) is 18.6. The average molecular weight is 396 g/mol. The standard InChI is InChI=1S/C20H21Cl3N2/c1-12-10-20(2,3)25(4)19-9-16(22)13(7-15(12)19)11-24-18-6-5-14(21)8-17(18)23/h5-9,11-12H,10H2,1-4H3. The van der Waals surface area contributed by atoms with Crippen LogP contribution in [0.2, 0.25) is 15.1 Å². The summed E-state index contributed by atoms with van der Waals surface area (Å²) in [6, 6.07) is 9.43. The van der Waals surface area contributed by atoms with Crippen LogP contribution < -0.4 is 4.90 Å². The summed E-state index contributed by atoms with van der Waals surface area (Å²) in [6.45, 7) is 6.79. The highest BCUT2D eigenvalue weighted by Gasteiger charge is 2.34. The van der Waals surface area contributed by atoms with Crippen LogP contribution in [0.1, 0.15) is 44.2 Å². The van der Waals surface area contributed by atoms with Gasteiger partial charge < -0.3 is 4.90 Å². The number of rotatable bonds is 2. The Labute approximate surface area is 164 Å². The summed E-state index contributed by atoms with van der Waals surface area (Å²) in [6.07, 6.45) is 2.86. The number of halogens is 3. The molecule has 3 rings (SSSR count). The Hall–Kier alpha value is -1.22. The van der Waals surface area contributed by atoms with E-state index in [1.165, 1.54) is 11.3 Å². The zero-order chi connectivity index (χ0) is 18.4. The second kappa shape index (κ2) is 6.83. The van der Waals surface area contributed by atoms with Crippen molar-refractivity contribution < 1.29 is 0 Å². The number of aliphatic imine (C=N–C) groups is 1. The molecule has 1 unspecified atom stereocenters. The zero-order valence-corrected chi connectivity index (χ0v) is 17.0. The maximum absolute atomic E-state index is 6.53. The summed E-state index contributed by atoms with van der Waals surface area (Å²) in [5.41, 5.74) is 4.17. The minimum absolute atomic E-state index is 0.113. The Bertz CT molecular complexity index is 843. The van der Waals surface area contributed by atoms with Gasteiger partial charge in [-0.25, -0.2) is 0 Å². The molecule has 0 radical (unpaired) electrons. The highest BCUT2D eigenvalue weighted by atomic mass is 35.5. The maximum Gasteiger partial charge on any atom is 0.0817 e. The van der Waals surface area contributed by atoms with E-state index in [0.717, 1.165) is 12.0 Å². The Balaban J connectivity index is 1.99. The number of benzene rings is 2. The van der Waals surface area contributed by atoms with E-state index in [-0.39, 0.29) is 5.54 Å². The maximum atomic E-state index is 6.53. The molecular weight excluding hydrogens is 375 g/mol. The lowest BCUT2D eigenvalue weighted by Gasteiger charge is -2.45. The minimum atomic E-state index is 0.113. The molecule has 0 aromatic heterocycles. The molecule has 1 aliphatic rings. The largest absolute Gasteiger partial charge is 0.369 e. The highest BCUT2D eigenvalue weighted by Crippen LogP contribution is 2.44. The van der Waals surface area contributed by atoms with Crippen LogP contribution in [0.15, 0.2) is 35.3 Å². The molecule has 5 heteroatoms. The van der Waals surface area contributed by atoms with Gasteiger partial charge in [-0.1, -0.05) is 41.7 Å². The molecule has 0 amide bonds. The van der Waals surface area contributed by atoms with Crippen molar-refractivity contribution in [2.24, 2.45) is 4.99 Å². The van der Waals surface area contributed by atoms with Crippen LogP contribution in [0.25, 0.3) is 0 Å². The molecule has 0 saturated carbocycles. The molecule has 132 valence electrons. The van der Waals surface area contributed by atoms with Gasteiger partial charge in [-0.2, -0.15) is 0 Å². The summed E-state index contributed by atoms with van der Waals surface area (Å²) in [5.74, 6) is 0.463. The van der Waals surface area contributed by atoms with Crippen LogP contribution in [0.4, 0.5) is 11.4 Å². The molecule has 0 spiro atoms. The summed E-state index contributed by atoms with van der Waals surface area (Å²) < 4.78 is 0. The average Bonchev–Trinajstić information content (AvgIpc) is 2.52. The molecule has 25 heavy (non-hydrogen) atoms. The summed E-state index contributed by atoms with van der Waals surface area (Å²) >= 11 is 18.6. The fraction of sp³-hybridized carbons (Fsp3) is 0.350. The van der Waals surface area contributed by atoms with Crippen LogP contribution >= 0.6 is 34.8 Å². The van der Waals surface area contributed by atoms with Crippen LogP contribution in [-0.4, -0.2) is 18.8 Å². The van der Waals surface area contributed by atoms with Crippen molar-refractivity contribution in [2.45, 2.75) is 38.6 Å². The van der Waals surface area contributed by atoms with Gasteiger partial charge >= 0.3 is 0 Å². The fourth-order valence-corrected chi connectivity index (χ4v) is 4.09. The van der Waals surface area contributed by atoms with Crippen molar-refractivity contribution in [1.82, 2.24) is 0 Å². The molecular formula is C20H21Cl3N2. The topological polar surface area (TPSA) is 15.6 Å². The van der Waals surface area contributed by atoms with Crippen LogP contribution in [0, 0.1) is 0 Å². The number of fused-ring (bicyclic) bond motifs is 1. The molecule has 0 saturated heterocycles. The van der Waals surface area contributed by atoms with Crippen molar-refractivity contribution in [2.75, 3.05) is 11.9 Å². The number of nitrogens with zero attached hydrogens (tertiary/aromatic N) is 2. The Morgan fingerprint density at radius 1 is 1.12 bits per heavy atom. The van der Waals surface area contributed by atoms with Gasteiger partial charge in [0.25, 0.3) is 0 Å². The van der Waals surface area contributed by atoms with E-state index >= 15 is 0 Å². The predicted molar refractivity (Wildman–Crippen MR) is 111 cm³/mol. The fourth-order valence-electron chi connectivity index (χ4n) is 3.43. The first-order chi connectivity index (χ1) is 11.7. The van der Waals surface area contributed by atoms with Gasteiger partial charge in [0, 0.05) is 35.1 Å². The van der Waals surface area contributed by atoms with E-state index in [1.54, 1.807) is 24.4 Å². The number of hydrogen-bond donors (Lipinski definition) is 0. The van der Waals surface area contributed by atoms with E-state index in [0.29, 0.717) is 26.7 Å². The lowest BCUT2D eigenvalue weighted by Crippen LogP contribution is -2.45. The van der Waals surface area contributed by atoms with Crippen molar-refractivity contribution in [3.05, 3.63) is 56.5 Å². The van der Waals surface area contributed by atoms with E-state index in [2.05, 4.69) is 43.8 Å². The minimum Gasteiger partial charge on any atom is -0.369 e. The lowest BCUT2D eigenvalue weighted by molar-refractivity contribution is 0.395. The third-order valence-corrected chi connectivity index (χ3v) is 5.87. The van der Waals surface area contributed by atoms with Gasteiger partial charge in [0.05, 0.1) is 15.7 Å². The van der Waals surface area contributed by atoms with Gasteiger partial charge in [0.2, 0.25) is 0 Å². The number of hydrogen-bond acceptors (Lipinski definition) is 2. The van der Waals surface area contributed by atoms with Gasteiger partial charge in [0.15, 0.2) is 0 Å². The predicted octanol–water partition coefficient (Wildman–Crippen LogP) is 7.12. The monoisotopic (exact) mass is 394 g/mol. The molecule has 1 atom stereocenters. The Morgan fingerprint density at radius 3 is 2.52 bits per heavy atom. The van der Waals surface area contributed by atoms with Crippen molar-refractivity contribution in [1.29, 1.82) is 0 Å². The van der Waals surface area contributed by atoms with E-state index in [9.17, 15) is 0 Å². The molecule has 1 heterocycles. The van der Waals surface area contributed by atoms with Gasteiger partial charge in [-0.15, -0.1) is 0 Å². The second-order valence-electron chi connectivity index (χ2n) is 7.26. The molecule has 2 nitrogen and oxygen atoms in total. The van der Waals surface area contributed by atoms with Crippen molar-refractivity contribution in [3.8, 4) is 0 Å². The second-order valence-corrected chi connectivity index (χ2v) is 8.51. The summed E-state index contributed by atoms with van der Waals surface area (Å²) in [5, 5.41) is 1.80. The third-order valence-electron chi connectivity index (χ3n) is 5.00. The normalized spacial score (nSPS) is 19.3.